The summed E-state index contributed by atoms with van der Waals surface area (Å²) in [5.74, 6) is -1.14. The number of hydrogen-bond acceptors (Lipinski definition) is 7. The number of nitro groups is 1. The summed E-state index contributed by atoms with van der Waals surface area (Å²) in [7, 11) is 0. The predicted molar refractivity (Wildman–Crippen MR) is 64.1 cm³/mol. The van der Waals surface area contributed by atoms with Crippen molar-refractivity contribution in [2.75, 3.05) is 0 Å². The van der Waals surface area contributed by atoms with E-state index in [1.165, 1.54) is 24.5 Å². The van der Waals surface area contributed by atoms with Crippen molar-refractivity contribution in [3.8, 4) is 0 Å². The maximum Gasteiger partial charge on any atom is 0.335 e. The summed E-state index contributed by atoms with van der Waals surface area (Å²) in [5.41, 5.74) is -0.159. The minimum absolute atomic E-state index is 0.00684. The van der Waals surface area contributed by atoms with E-state index in [1.807, 2.05) is 0 Å². The molecule has 0 atom stereocenters. The van der Waals surface area contributed by atoms with Gasteiger partial charge in [0.1, 0.15) is 6.33 Å². The SMILES string of the molecule is O=C(O)c1ccc([N+](=O)[O-])c(Sc2ncns2)c1. The molecule has 9 heteroatoms. The third-order valence-corrected chi connectivity index (χ3v) is 3.70. The summed E-state index contributed by atoms with van der Waals surface area (Å²) in [6.45, 7) is 0. The van der Waals surface area contributed by atoms with Crippen LogP contribution in [0.1, 0.15) is 10.4 Å². The summed E-state index contributed by atoms with van der Waals surface area (Å²) in [6.07, 6.45) is 1.33. The molecule has 0 aliphatic carbocycles. The van der Waals surface area contributed by atoms with E-state index in [1.54, 1.807) is 0 Å². The molecule has 2 rings (SSSR count). The number of carbonyl (C=O) groups is 1. The molecule has 0 amide bonds. The van der Waals surface area contributed by atoms with Crippen LogP contribution < -0.4 is 0 Å². The summed E-state index contributed by atoms with van der Waals surface area (Å²) in [6, 6.07) is 3.63. The van der Waals surface area contributed by atoms with E-state index >= 15 is 0 Å². The van der Waals surface area contributed by atoms with Gasteiger partial charge in [0.2, 0.25) is 0 Å². The molecule has 1 aromatic heterocycles. The molecule has 1 heterocycles. The highest BCUT2D eigenvalue weighted by atomic mass is 32.2. The van der Waals surface area contributed by atoms with Crippen LogP contribution in [0.2, 0.25) is 0 Å². The molecule has 0 radical (unpaired) electrons. The van der Waals surface area contributed by atoms with Gasteiger partial charge in [-0.3, -0.25) is 10.1 Å². The molecule has 2 aromatic rings. The molecule has 0 unspecified atom stereocenters. The Morgan fingerprint density at radius 1 is 1.50 bits per heavy atom. The van der Waals surface area contributed by atoms with Crippen molar-refractivity contribution in [2.24, 2.45) is 0 Å². The van der Waals surface area contributed by atoms with E-state index in [0.717, 1.165) is 23.3 Å². The summed E-state index contributed by atoms with van der Waals surface area (Å²) < 4.78 is 4.29. The maximum absolute atomic E-state index is 10.8. The van der Waals surface area contributed by atoms with Crippen LogP contribution in [0.4, 0.5) is 5.69 Å². The Balaban J connectivity index is 2.43. The second kappa shape index (κ2) is 5.10. The number of nitrogens with zero attached hydrogens (tertiary/aromatic N) is 3. The largest absolute Gasteiger partial charge is 0.478 e. The van der Waals surface area contributed by atoms with Gasteiger partial charge in [0.15, 0.2) is 4.34 Å². The number of hydrogen-bond donors (Lipinski definition) is 1. The van der Waals surface area contributed by atoms with Crippen LogP contribution >= 0.6 is 23.3 Å². The molecule has 0 bridgehead atoms. The highest BCUT2D eigenvalue weighted by Crippen LogP contribution is 2.35. The Hall–Kier alpha value is -2.00. The van der Waals surface area contributed by atoms with Gasteiger partial charge < -0.3 is 5.11 Å². The van der Waals surface area contributed by atoms with E-state index < -0.39 is 10.9 Å². The monoisotopic (exact) mass is 283 g/mol. The molecule has 1 N–H and O–H groups in total. The van der Waals surface area contributed by atoms with Crippen molar-refractivity contribution in [2.45, 2.75) is 9.24 Å². The van der Waals surface area contributed by atoms with Crippen LogP contribution in [0, 0.1) is 10.1 Å². The minimum atomic E-state index is -1.14. The summed E-state index contributed by atoms with van der Waals surface area (Å²) >= 11 is 2.10. The van der Waals surface area contributed by atoms with Crippen LogP contribution in [0.5, 0.6) is 0 Å². The van der Waals surface area contributed by atoms with Gasteiger partial charge in [0.25, 0.3) is 5.69 Å². The van der Waals surface area contributed by atoms with Crippen molar-refractivity contribution in [3.05, 3.63) is 40.2 Å². The first-order valence-corrected chi connectivity index (χ1v) is 6.13. The van der Waals surface area contributed by atoms with E-state index in [-0.39, 0.29) is 16.1 Å². The van der Waals surface area contributed by atoms with Gasteiger partial charge in [-0.2, -0.15) is 4.37 Å². The van der Waals surface area contributed by atoms with E-state index in [9.17, 15) is 14.9 Å². The van der Waals surface area contributed by atoms with Crippen LogP contribution in [-0.4, -0.2) is 25.4 Å². The van der Waals surface area contributed by atoms with Crippen LogP contribution in [0.15, 0.2) is 33.8 Å². The van der Waals surface area contributed by atoms with Gasteiger partial charge in [-0.05, 0) is 23.7 Å². The van der Waals surface area contributed by atoms with Gasteiger partial charge >= 0.3 is 5.97 Å². The zero-order valence-corrected chi connectivity index (χ0v) is 10.3. The van der Waals surface area contributed by atoms with Crippen LogP contribution in [0.3, 0.4) is 0 Å². The Labute approximate surface area is 109 Å². The number of nitro benzene ring substituents is 1. The molecular weight excluding hydrogens is 278 g/mol. The van der Waals surface area contributed by atoms with Crippen LogP contribution in [0.25, 0.3) is 0 Å². The number of aromatic carboxylic acids is 1. The maximum atomic E-state index is 10.8. The molecule has 0 aliphatic rings. The highest BCUT2D eigenvalue weighted by Gasteiger charge is 2.18. The van der Waals surface area contributed by atoms with Gasteiger partial charge in [-0.15, -0.1) is 0 Å². The molecule has 0 saturated heterocycles. The fourth-order valence-corrected chi connectivity index (χ4v) is 2.73. The van der Waals surface area contributed by atoms with Crippen molar-refractivity contribution in [1.82, 2.24) is 9.36 Å². The second-order valence-corrected chi connectivity index (χ2v) is 5.12. The lowest BCUT2D eigenvalue weighted by molar-refractivity contribution is -0.387. The third-order valence-electron chi connectivity index (χ3n) is 1.94. The normalized spacial score (nSPS) is 10.2. The standard InChI is InChI=1S/C9H5N3O4S2/c13-8(14)5-1-2-6(12(15)16)7(3-5)17-9-10-4-11-18-9/h1-4H,(H,13,14). The average Bonchev–Trinajstić information content (AvgIpc) is 2.81. The fraction of sp³-hybridized carbons (Fsp3) is 0. The molecule has 1 aromatic carbocycles. The van der Waals surface area contributed by atoms with Crippen molar-refractivity contribution < 1.29 is 14.8 Å². The number of carboxylic acid groups (broad SMARTS) is 1. The Morgan fingerprint density at radius 3 is 2.83 bits per heavy atom. The van der Waals surface area contributed by atoms with Crippen molar-refractivity contribution in [1.29, 1.82) is 0 Å². The lowest BCUT2D eigenvalue weighted by atomic mass is 10.2. The first-order chi connectivity index (χ1) is 8.58. The van der Waals surface area contributed by atoms with Crippen LogP contribution in [-0.2, 0) is 0 Å². The summed E-state index contributed by atoms with van der Waals surface area (Å²) in [5, 5.41) is 19.7. The Kier molecular flexibility index (Phi) is 3.53. The van der Waals surface area contributed by atoms with Crippen molar-refractivity contribution >= 4 is 35.0 Å². The lowest BCUT2D eigenvalue weighted by Crippen LogP contribution is -1.98. The second-order valence-electron chi connectivity index (χ2n) is 3.05. The first kappa shape index (κ1) is 12.5. The topological polar surface area (TPSA) is 106 Å². The molecule has 18 heavy (non-hydrogen) atoms. The van der Waals surface area contributed by atoms with E-state index in [0.29, 0.717) is 4.34 Å². The quantitative estimate of drug-likeness (QED) is 0.677. The molecule has 0 spiro atoms. The van der Waals surface area contributed by atoms with Gasteiger partial charge in [-0.25, -0.2) is 9.78 Å². The predicted octanol–water partition coefficient (Wildman–Crippen LogP) is 2.30. The third kappa shape index (κ3) is 2.63. The molecule has 0 saturated carbocycles. The molecule has 7 nitrogen and oxygen atoms in total. The fourth-order valence-electron chi connectivity index (χ4n) is 1.18. The summed E-state index contributed by atoms with van der Waals surface area (Å²) in [4.78, 5) is 25.2. The molecule has 0 fully saturated rings. The molecule has 0 aliphatic heterocycles. The minimum Gasteiger partial charge on any atom is -0.478 e. The van der Waals surface area contributed by atoms with Crippen molar-refractivity contribution in [3.63, 3.8) is 0 Å². The molecule has 92 valence electrons. The zero-order valence-electron chi connectivity index (χ0n) is 8.64. The van der Waals surface area contributed by atoms with Gasteiger partial charge in [0, 0.05) is 6.07 Å². The van der Waals surface area contributed by atoms with Gasteiger partial charge in [-0.1, -0.05) is 11.8 Å². The number of rotatable bonds is 4. The lowest BCUT2D eigenvalue weighted by Gasteiger charge is -2.01. The highest BCUT2D eigenvalue weighted by molar-refractivity contribution is 8.01. The van der Waals surface area contributed by atoms with E-state index in [2.05, 4.69) is 9.36 Å². The first-order valence-electron chi connectivity index (χ1n) is 4.54. The Bertz CT molecular complexity index is 600. The zero-order chi connectivity index (χ0) is 13.1. The number of carboxylic acids is 1. The smallest absolute Gasteiger partial charge is 0.335 e. The Morgan fingerprint density at radius 2 is 2.28 bits per heavy atom. The molecular formula is C9H5N3O4S2. The number of benzene rings is 1. The number of aromatic nitrogens is 2. The van der Waals surface area contributed by atoms with Gasteiger partial charge in [0.05, 0.1) is 15.4 Å². The van der Waals surface area contributed by atoms with E-state index in [4.69, 9.17) is 5.11 Å². The average molecular weight is 283 g/mol.